The molecule has 0 radical (unpaired) electrons. The molecule has 0 bridgehead atoms. The van der Waals surface area contributed by atoms with Gasteiger partial charge in [-0.05, 0) is 62.9 Å². The fourth-order valence-corrected chi connectivity index (χ4v) is 3.57. The van der Waals surface area contributed by atoms with Crippen LogP contribution in [0, 0.1) is 0 Å². The number of hydrogen-bond donors (Lipinski definition) is 2. The van der Waals surface area contributed by atoms with E-state index in [2.05, 4.69) is 10.6 Å². The number of esters is 1. The summed E-state index contributed by atoms with van der Waals surface area (Å²) >= 11 is 0. The standard InChI is InChI=1S/C31H36N2O6/c1-31(2,3)39-30(36)32-19-11-10-16-28(34)33-25-17-18-27(37-21-23-12-6-4-7-13-23)26(20-25)29(35)38-22-24-14-8-5-9-15-24/h4-9,12-15,17-18,20H,10-11,16,19,21-22H2,1-3H3,(H,32,36)(H,33,34). The van der Waals surface area contributed by atoms with Gasteiger partial charge in [-0.2, -0.15) is 0 Å². The van der Waals surface area contributed by atoms with Gasteiger partial charge in [0.05, 0.1) is 0 Å². The lowest BCUT2D eigenvalue weighted by molar-refractivity contribution is -0.116. The molecule has 39 heavy (non-hydrogen) atoms. The lowest BCUT2D eigenvalue weighted by Crippen LogP contribution is -2.33. The summed E-state index contributed by atoms with van der Waals surface area (Å²) < 4.78 is 16.7. The van der Waals surface area contributed by atoms with Gasteiger partial charge in [0.2, 0.25) is 5.91 Å². The molecule has 3 rings (SSSR count). The summed E-state index contributed by atoms with van der Waals surface area (Å²) in [6.45, 7) is 6.20. The Morgan fingerprint density at radius 2 is 1.44 bits per heavy atom. The quantitative estimate of drug-likeness (QED) is 0.211. The van der Waals surface area contributed by atoms with E-state index in [1.54, 1.807) is 39.0 Å². The minimum Gasteiger partial charge on any atom is -0.488 e. The highest BCUT2D eigenvalue weighted by atomic mass is 16.6. The Morgan fingerprint density at radius 3 is 2.08 bits per heavy atom. The first-order valence-corrected chi connectivity index (χ1v) is 13.0. The molecule has 3 aromatic carbocycles. The number of unbranched alkanes of at least 4 members (excludes halogenated alkanes) is 1. The molecule has 0 aromatic heterocycles. The molecular formula is C31H36N2O6. The van der Waals surface area contributed by atoms with Gasteiger partial charge >= 0.3 is 12.1 Å². The Morgan fingerprint density at radius 1 is 0.795 bits per heavy atom. The van der Waals surface area contributed by atoms with Gasteiger partial charge in [-0.25, -0.2) is 9.59 Å². The first-order valence-electron chi connectivity index (χ1n) is 13.0. The van der Waals surface area contributed by atoms with Crippen molar-refractivity contribution in [3.63, 3.8) is 0 Å². The van der Waals surface area contributed by atoms with E-state index in [1.165, 1.54) is 0 Å². The number of amides is 2. The molecule has 8 nitrogen and oxygen atoms in total. The van der Waals surface area contributed by atoms with Crippen LogP contribution in [-0.2, 0) is 27.5 Å². The topological polar surface area (TPSA) is 103 Å². The van der Waals surface area contributed by atoms with Crippen molar-refractivity contribution in [3.05, 3.63) is 95.6 Å². The summed E-state index contributed by atoms with van der Waals surface area (Å²) in [5.41, 5.74) is 1.95. The SMILES string of the molecule is CC(C)(C)OC(=O)NCCCCC(=O)Nc1ccc(OCc2ccccc2)c(C(=O)OCc2ccccc2)c1. The minimum atomic E-state index is -0.557. The lowest BCUT2D eigenvalue weighted by atomic mass is 10.1. The molecule has 2 amide bonds. The van der Waals surface area contributed by atoms with Crippen LogP contribution in [0.25, 0.3) is 0 Å². The van der Waals surface area contributed by atoms with Crippen molar-refractivity contribution >= 4 is 23.7 Å². The van der Waals surface area contributed by atoms with Crippen LogP contribution in [0.3, 0.4) is 0 Å². The van der Waals surface area contributed by atoms with Crippen molar-refractivity contribution in [2.45, 2.75) is 58.8 Å². The van der Waals surface area contributed by atoms with Gasteiger partial charge in [-0.15, -0.1) is 0 Å². The van der Waals surface area contributed by atoms with Crippen LogP contribution in [0.5, 0.6) is 5.75 Å². The summed E-state index contributed by atoms with van der Waals surface area (Å²) in [7, 11) is 0. The smallest absolute Gasteiger partial charge is 0.407 e. The summed E-state index contributed by atoms with van der Waals surface area (Å²) in [6, 6.07) is 23.9. The maximum Gasteiger partial charge on any atom is 0.407 e. The molecule has 0 aliphatic rings. The van der Waals surface area contributed by atoms with Gasteiger partial charge in [-0.3, -0.25) is 4.79 Å². The Bertz CT molecular complexity index is 1220. The van der Waals surface area contributed by atoms with E-state index in [9.17, 15) is 14.4 Å². The summed E-state index contributed by atoms with van der Waals surface area (Å²) in [4.78, 5) is 37.2. The molecule has 3 aromatic rings. The molecule has 0 fully saturated rings. The minimum absolute atomic E-state index is 0.117. The highest BCUT2D eigenvalue weighted by molar-refractivity contribution is 5.96. The molecule has 0 spiro atoms. The fraction of sp³-hybridized carbons (Fsp3) is 0.323. The van der Waals surface area contributed by atoms with Crippen molar-refractivity contribution in [2.75, 3.05) is 11.9 Å². The summed E-state index contributed by atoms with van der Waals surface area (Å²) in [5, 5.41) is 5.51. The number of hydrogen-bond acceptors (Lipinski definition) is 6. The number of carbonyl (C=O) groups is 3. The molecule has 0 aliphatic heterocycles. The third-order valence-electron chi connectivity index (χ3n) is 5.43. The zero-order valence-corrected chi connectivity index (χ0v) is 22.7. The largest absolute Gasteiger partial charge is 0.488 e. The van der Waals surface area contributed by atoms with Crippen molar-refractivity contribution in [1.82, 2.24) is 5.32 Å². The Labute approximate surface area is 229 Å². The second kappa shape index (κ2) is 14.6. The third-order valence-corrected chi connectivity index (χ3v) is 5.43. The van der Waals surface area contributed by atoms with Crippen molar-refractivity contribution in [2.24, 2.45) is 0 Å². The Balaban J connectivity index is 1.57. The molecule has 0 aliphatic carbocycles. The molecule has 206 valence electrons. The molecule has 8 heteroatoms. The van der Waals surface area contributed by atoms with Gasteiger partial charge < -0.3 is 24.8 Å². The summed E-state index contributed by atoms with van der Waals surface area (Å²) in [6.07, 6.45) is 0.978. The Kier molecular flexibility index (Phi) is 10.9. The Hall–Kier alpha value is -4.33. The highest BCUT2D eigenvalue weighted by Crippen LogP contribution is 2.26. The average molecular weight is 533 g/mol. The third kappa shape index (κ3) is 10.9. The summed E-state index contributed by atoms with van der Waals surface area (Å²) in [5.74, 6) is -0.386. The number of nitrogens with one attached hydrogen (secondary N) is 2. The maximum absolute atomic E-state index is 13.0. The van der Waals surface area contributed by atoms with Gasteiger partial charge in [0.25, 0.3) is 0 Å². The van der Waals surface area contributed by atoms with Crippen molar-refractivity contribution < 1.29 is 28.6 Å². The number of rotatable bonds is 12. The molecule has 0 heterocycles. The van der Waals surface area contributed by atoms with Crippen LogP contribution in [-0.4, -0.2) is 30.1 Å². The van der Waals surface area contributed by atoms with Crippen molar-refractivity contribution in [1.29, 1.82) is 0 Å². The van der Waals surface area contributed by atoms with Crippen LogP contribution in [0.15, 0.2) is 78.9 Å². The van der Waals surface area contributed by atoms with Crippen LogP contribution >= 0.6 is 0 Å². The molecule has 2 N–H and O–H groups in total. The van der Waals surface area contributed by atoms with E-state index >= 15 is 0 Å². The zero-order valence-electron chi connectivity index (χ0n) is 22.7. The van der Waals surface area contributed by atoms with Crippen LogP contribution in [0.1, 0.15) is 61.5 Å². The van der Waals surface area contributed by atoms with E-state index in [0.717, 1.165) is 11.1 Å². The van der Waals surface area contributed by atoms with Crippen molar-refractivity contribution in [3.8, 4) is 5.75 Å². The van der Waals surface area contributed by atoms with Crippen LogP contribution in [0.2, 0.25) is 0 Å². The monoisotopic (exact) mass is 532 g/mol. The second-order valence-corrected chi connectivity index (χ2v) is 9.98. The number of benzene rings is 3. The molecule has 0 atom stereocenters. The molecule has 0 saturated heterocycles. The molecule has 0 saturated carbocycles. The predicted molar refractivity (Wildman–Crippen MR) is 149 cm³/mol. The van der Waals surface area contributed by atoms with E-state index in [0.29, 0.717) is 30.8 Å². The van der Waals surface area contributed by atoms with Gasteiger partial charge in [0.1, 0.15) is 30.1 Å². The van der Waals surface area contributed by atoms with Gasteiger partial charge in [-0.1, -0.05) is 60.7 Å². The maximum atomic E-state index is 13.0. The number of anilines is 1. The number of ether oxygens (including phenoxy) is 3. The van der Waals surface area contributed by atoms with E-state index < -0.39 is 17.7 Å². The fourth-order valence-electron chi connectivity index (χ4n) is 3.57. The first-order chi connectivity index (χ1) is 18.7. The van der Waals surface area contributed by atoms with Gasteiger partial charge in [0.15, 0.2) is 0 Å². The predicted octanol–water partition coefficient (Wildman–Crippen LogP) is 6.26. The number of carbonyl (C=O) groups excluding carboxylic acids is 3. The van der Waals surface area contributed by atoms with E-state index in [4.69, 9.17) is 14.2 Å². The zero-order chi connectivity index (χ0) is 28.1. The average Bonchev–Trinajstić information content (AvgIpc) is 2.91. The first kappa shape index (κ1) is 29.2. The van der Waals surface area contributed by atoms with E-state index in [1.807, 2.05) is 60.7 Å². The normalized spacial score (nSPS) is 10.8. The molecule has 0 unspecified atom stereocenters. The van der Waals surface area contributed by atoms with E-state index in [-0.39, 0.29) is 31.1 Å². The van der Waals surface area contributed by atoms with Gasteiger partial charge in [0, 0.05) is 18.7 Å². The van der Waals surface area contributed by atoms with Crippen LogP contribution in [0.4, 0.5) is 10.5 Å². The highest BCUT2D eigenvalue weighted by Gasteiger charge is 2.18. The number of alkyl carbamates (subject to hydrolysis) is 1. The van der Waals surface area contributed by atoms with Crippen LogP contribution < -0.4 is 15.4 Å². The molecular weight excluding hydrogens is 496 g/mol. The lowest BCUT2D eigenvalue weighted by Gasteiger charge is -2.19. The second-order valence-electron chi connectivity index (χ2n) is 9.98.